The number of hydrogen-bond donors (Lipinski definition) is 2. The van der Waals surface area contributed by atoms with Crippen LogP contribution in [0.15, 0.2) is 35.2 Å². The normalized spacial score (nSPS) is 11.8. The van der Waals surface area contributed by atoms with Crippen LogP contribution in [0.5, 0.6) is 0 Å². The van der Waals surface area contributed by atoms with Crippen molar-refractivity contribution < 1.29 is 23.1 Å². The number of likely N-dealkylation sites (N-methyl/N-ethyl adjacent to an activating group) is 2. The Morgan fingerprint density at radius 1 is 1.38 bits per heavy atom. The Morgan fingerprint density at radius 3 is 2.62 bits per heavy atom. The highest BCUT2D eigenvalue weighted by atomic mass is 32.2. The summed E-state index contributed by atoms with van der Waals surface area (Å²) in [5.41, 5.74) is 0.437. The van der Waals surface area contributed by atoms with Gasteiger partial charge in [-0.25, -0.2) is 13.2 Å². The molecule has 0 radical (unpaired) electrons. The zero-order valence-electron chi connectivity index (χ0n) is 11.6. The molecule has 0 aliphatic carbocycles. The number of nitrogens with one attached hydrogen (secondary N) is 1. The fourth-order valence-electron chi connectivity index (χ4n) is 1.49. The fraction of sp³-hybridized carbons (Fsp3) is 0.231. The Hall–Kier alpha value is -2.19. The van der Waals surface area contributed by atoms with Crippen LogP contribution in [0.3, 0.4) is 0 Å². The zero-order valence-corrected chi connectivity index (χ0v) is 12.4. The zero-order chi connectivity index (χ0) is 16.0. The van der Waals surface area contributed by atoms with Crippen LogP contribution in [0, 0.1) is 0 Å². The van der Waals surface area contributed by atoms with Crippen LogP contribution in [0.2, 0.25) is 0 Å². The van der Waals surface area contributed by atoms with E-state index in [1.165, 1.54) is 38.4 Å². The second-order valence-corrected chi connectivity index (χ2v) is 6.22. The minimum Gasteiger partial charge on any atom is -0.478 e. The van der Waals surface area contributed by atoms with Crippen molar-refractivity contribution in [3.63, 3.8) is 0 Å². The van der Waals surface area contributed by atoms with Crippen molar-refractivity contribution in [2.75, 3.05) is 20.6 Å². The number of amides is 1. The third-order valence-corrected chi connectivity index (χ3v) is 4.43. The molecule has 0 heterocycles. The molecule has 0 aliphatic rings. The molecule has 0 saturated carbocycles. The molecule has 2 N–H and O–H groups in total. The summed E-state index contributed by atoms with van der Waals surface area (Å²) in [4.78, 5) is 21.7. The van der Waals surface area contributed by atoms with Gasteiger partial charge in [-0.2, -0.15) is 4.31 Å². The summed E-state index contributed by atoms with van der Waals surface area (Å²) in [5, 5.41) is 10.9. The first-order valence-corrected chi connectivity index (χ1v) is 7.39. The van der Waals surface area contributed by atoms with Gasteiger partial charge in [-0.3, -0.25) is 4.79 Å². The molecule has 7 nitrogen and oxygen atoms in total. The van der Waals surface area contributed by atoms with Crippen molar-refractivity contribution in [3.05, 3.63) is 35.9 Å². The van der Waals surface area contributed by atoms with E-state index in [9.17, 15) is 18.0 Å². The summed E-state index contributed by atoms with van der Waals surface area (Å²) in [5.74, 6) is -1.55. The van der Waals surface area contributed by atoms with Crippen molar-refractivity contribution >= 4 is 28.0 Å². The minimum absolute atomic E-state index is 0.0126. The van der Waals surface area contributed by atoms with E-state index in [-0.39, 0.29) is 11.4 Å². The number of nitrogens with zero attached hydrogens (tertiary/aromatic N) is 1. The van der Waals surface area contributed by atoms with Gasteiger partial charge in [0.2, 0.25) is 15.9 Å². The first kappa shape index (κ1) is 16.9. The van der Waals surface area contributed by atoms with Gasteiger partial charge in [0.1, 0.15) is 0 Å². The highest BCUT2D eigenvalue weighted by molar-refractivity contribution is 7.89. The number of carboxylic acid groups (broad SMARTS) is 1. The first-order valence-electron chi connectivity index (χ1n) is 5.95. The summed E-state index contributed by atoms with van der Waals surface area (Å²) in [6.45, 7) is -0.298. The molecule has 0 aliphatic heterocycles. The molecule has 1 aromatic carbocycles. The first-order chi connectivity index (χ1) is 9.77. The molecule has 1 aromatic rings. The molecule has 8 heteroatoms. The Bertz CT molecular complexity index is 667. The number of carbonyl (C=O) groups is 2. The maximum absolute atomic E-state index is 12.3. The molecule has 0 fully saturated rings. The highest BCUT2D eigenvalue weighted by Crippen LogP contribution is 2.16. The SMILES string of the molecule is CNC(=O)CN(C)S(=O)(=O)c1cccc(C=CC(=O)O)c1. The van der Waals surface area contributed by atoms with E-state index in [2.05, 4.69) is 5.32 Å². The summed E-state index contributed by atoms with van der Waals surface area (Å²) in [6.07, 6.45) is 2.21. The minimum atomic E-state index is -3.81. The lowest BCUT2D eigenvalue weighted by Gasteiger charge is -2.16. The topological polar surface area (TPSA) is 104 Å². The van der Waals surface area contributed by atoms with Gasteiger partial charge in [0.25, 0.3) is 0 Å². The average molecular weight is 312 g/mol. The van der Waals surface area contributed by atoms with E-state index in [1.54, 1.807) is 6.07 Å². The van der Waals surface area contributed by atoms with Gasteiger partial charge < -0.3 is 10.4 Å². The van der Waals surface area contributed by atoms with Gasteiger partial charge in [-0.15, -0.1) is 0 Å². The van der Waals surface area contributed by atoms with Crippen LogP contribution in [-0.4, -0.2) is 50.3 Å². The van der Waals surface area contributed by atoms with Gasteiger partial charge in [-0.05, 0) is 23.8 Å². The Balaban J connectivity index is 3.06. The standard InChI is InChI=1S/C13H16N2O5S/c1-14-12(16)9-15(2)21(19,20)11-5-3-4-10(8-11)6-7-13(17)18/h3-8H,9H2,1-2H3,(H,14,16)(H,17,18). The van der Waals surface area contributed by atoms with Crippen LogP contribution < -0.4 is 5.32 Å². The molecule has 1 amide bonds. The van der Waals surface area contributed by atoms with E-state index < -0.39 is 21.9 Å². The summed E-state index contributed by atoms with van der Waals surface area (Å²) in [7, 11) is -1.10. The quantitative estimate of drug-likeness (QED) is 0.728. The number of hydrogen-bond acceptors (Lipinski definition) is 4. The maximum atomic E-state index is 12.3. The highest BCUT2D eigenvalue weighted by Gasteiger charge is 2.22. The summed E-state index contributed by atoms with van der Waals surface area (Å²) >= 11 is 0. The Morgan fingerprint density at radius 2 is 2.05 bits per heavy atom. The van der Waals surface area contributed by atoms with E-state index in [0.717, 1.165) is 10.4 Å². The summed E-state index contributed by atoms with van der Waals surface area (Å²) < 4.78 is 25.5. The van der Waals surface area contributed by atoms with Gasteiger partial charge >= 0.3 is 5.97 Å². The fourth-order valence-corrected chi connectivity index (χ4v) is 2.68. The average Bonchev–Trinajstić information content (AvgIpc) is 2.45. The molecule has 0 spiro atoms. The largest absolute Gasteiger partial charge is 0.478 e. The molecule has 1 rings (SSSR count). The van der Waals surface area contributed by atoms with Crippen LogP contribution in [0.1, 0.15) is 5.56 Å². The van der Waals surface area contributed by atoms with Crippen LogP contribution >= 0.6 is 0 Å². The number of sulfonamides is 1. The van der Waals surface area contributed by atoms with Crippen molar-refractivity contribution in [1.82, 2.24) is 9.62 Å². The molecule has 0 saturated heterocycles. The van der Waals surface area contributed by atoms with Gasteiger partial charge in [0.15, 0.2) is 0 Å². The monoisotopic (exact) mass is 312 g/mol. The van der Waals surface area contributed by atoms with E-state index >= 15 is 0 Å². The number of aliphatic carboxylic acids is 1. The maximum Gasteiger partial charge on any atom is 0.328 e. The lowest BCUT2D eigenvalue weighted by molar-refractivity contribution is -0.131. The van der Waals surface area contributed by atoms with Crippen molar-refractivity contribution in [2.24, 2.45) is 0 Å². The van der Waals surface area contributed by atoms with Gasteiger partial charge in [-0.1, -0.05) is 12.1 Å². The lowest BCUT2D eigenvalue weighted by Crippen LogP contribution is -2.36. The summed E-state index contributed by atoms with van der Waals surface area (Å²) in [6, 6.07) is 5.81. The third-order valence-electron chi connectivity index (χ3n) is 2.63. The van der Waals surface area contributed by atoms with Crippen molar-refractivity contribution in [1.29, 1.82) is 0 Å². The lowest BCUT2D eigenvalue weighted by atomic mass is 10.2. The molecular weight excluding hydrogens is 296 g/mol. The van der Waals surface area contributed by atoms with Gasteiger partial charge in [0.05, 0.1) is 11.4 Å². The molecule has 0 atom stereocenters. The Kier molecular flexibility index (Phi) is 5.62. The van der Waals surface area contributed by atoms with E-state index in [0.29, 0.717) is 5.56 Å². The van der Waals surface area contributed by atoms with Crippen LogP contribution in [0.4, 0.5) is 0 Å². The molecule has 21 heavy (non-hydrogen) atoms. The van der Waals surface area contributed by atoms with Crippen LogP contribution in [-0.2, 0) is 19.6 Å². The van der Waals surface area contributed by atoms with E-state index in [4.69, 9.17) is 5.11 Å². The number of benzene rings is 1. The number of carbonyl (C=O) groups excluding carboxylic acids is 1. The molecule has 0 bridgehead atoms. The predicted molar refractivity (Wildman–Crippen MR) is 77.0 cm³/mol. The molecular formula is C13H16N2O5S. The number of rotatable bonds is 6. The van der Waals surface area contributed by atoms with E-state index in [1.807, 2.05) is 0 Å². The van der Waals surface area contributed by atoms with Crippen LogP contribution in [0.25, 0.3) is 6.08 Å². The van der Waals surface area contributed by atoms with Crippen molar-refractivity contribution in [3.8, 4) is 0 Å². The Labute approximate surface area is 122 Å². The molecule has 0 aromatic heterocycles. The second kappa shape index (κ2) is 7.00. The third kappa shape index (κ3) is 4.69. The second-order valence-electron chi connectivity index (χ2n) is 4.18. The molecule has 0 unspecified atom stereocenters. The number of carboxylic acids is 1. The van der Waals surface area contributed by atoms with Crippen molar-refractivity contribution in [2.45, 2.75) is 4.90 Å². The predicted octanol–water partition coefficient (Wildman–Crippen LogP) is 0.151. The smallest absolute Gasteiger partial charge is 0.328 e. The van der Waals surface area contributed by atoms with Gasteiger partial charge in [0, 0.05) is 20.2 Å². The molecule has 114 valence electrons.